The second-order valence-electron chi connectivity index (χ2n) is 7.25. The highest BCUT2D eigenvalue weighted by atomic mass is 16.5. The van der Waals surface area contributed by atoms with Gasteiger partial charge >= 0.3 is 5.97 Å². The summed E-state index contributed by atoms with van der Waals surface area (Å²) in [7, 11) is 3.26. The number of benzene rings is 1. The summed E-state index contributed by atoms with van der Waals surface area (Å²) in [6, 6.07) is 3.89. The van der Waals surface area contributed by atoms with Crippen LogP contribution in [0, 0.1) is 0 Å². The van der Waals surface area contributed by atoms with Crippen molar-refractivity contribution in [3.05, 3.63) is 23.3 Å². The first-order valence-electron chi connectivity index (χ1n) is 8.37. The van der Waals surface area contributed by atoms with E-state index in [1.54, 1.807) is 14.2 Å². The molecule has 1 aliphatic heterocycles. The third-order valence-corrected chi connectivity index (χ3v) is 5.38. The summed E-state index contributed by atoms with van der Waals surface area (Å²) in [6.07, 6.45) is 0.288. The molecule has 5 nitrogen and oxygen atoms in total. The molecule has 0 saturated heterocycles. The molecule has 1 aromatic rings. The lowest BCUT2D eigenvalue weighted by Crippen LogP contribution is -2.59. The number of rotatable bonds is 5. The molecule has 0 fully saturated rings. The molecule has 0 bridgehead atoms. The van der Waals surface area contributed by atoms with Gasteiger partial charge < -0.3 is 19.5 Å². The Morgan fingerprint density at radius 2 is 1.71 bits per heavy atom. The van der Waals surface area contributed by atoms with Gasteiger partial charge in [-0.15, -0.1) is 0 Å². The number of esters is 1. The average molecular weight is 335 g/mol. The summed E-state index contributed by atoms with van der Waals surface area (Å²) >= 11 is 0. The molecule has 0 spiro atoms. The molecule has 24 heavy (non-hydrogen) atoms. The van der Waals surface area contributed by atoms with E-state index >= 15 is 0 Å². The van der Waals surface area contributed by atoms with Crippen LogP contribution in [0.3, 0.4) is 0 Å². The van der Waals surface area contributed by atoms with Gasteiger partial charge in [0.2, 0.25) is 0 Å². The monoisotopic (exact) mass is 335 g/mol. The third kappa shape index (κ3) is 3.09. The van der Waals surface area contributed by atoms with Crippen LogP contribution in [-0.2, 0) is 14.9 Å². The van der Waals surface area contributed by atoms with E-state index in [4.69, 9.17) is 14.2 Å². The molecule has 1 atom stereocenters. The predicted molar refractivity (Wildman–Crippen MR) is 93.8 cm³/mol. The third-order valence-electron chi connectivity index (χ3n) is 5.38. The SMILES string of the molecule is CCOC(=O)C[C@@H]1NC(C)(C)C(C)(C)c2cc(OC)c(OC)cc21. The van der Waals surface area contributed by atoms with E-state index < -0.39 is 0 Å². The standard InChI is InChI=1S/C19H29NO4/c1-8-24-17(21)11-14-12-9-15(22-6)16(23-7)10-13(12)18(2,3)19(4,5)20-14/h9-10,14,20H,8,11H2,1-7H3/t14-/m0/s1. The van der Waals surface area contributed by atoms with Gasteiger partial charge in [-0.25, -0.2) is 0 Å². The minimum absolute atomic E-state index is 0.123. The lowest BCUT2D eigenvalue weighted by atomic mass is 9.64. The second-order valence-corrected chi connectivity index (χ2v) is 7.25. The number of hydrogen-bond donors (Lipinski definition) is 1. The van der Waals surface area contributed by atoms with Crippen molar-refractivity contribution in [3.8, 4) is 11.5 Å². The predicted octanol–water partition coefficient (Wildman–Crippen LogP) is 3.36. The van der Waals surface area contributed by atoms with E-state index in [9.17, 15) is 4.79 Å². The molecule has 1 aromatic carbocycles. The summed E-state index contributed by atoms with van der Waals surface area (Å²) in [5, 5.41) is 3.62. The van der Waals surface area contributed by atoms with Crippen LogP contribution in [0.1, 0.15) is 58.2 Å². The van der Waals surface area contributed by atoms with Gasteiger partial charge in [0.15, 0.2) is 11.5 Å². The molecule has 2 rings (SSSR count). The van der Waals surface area contributed by atoms with Gasteiger partial charge in [-0.05, 0) is 44.0 Å². The van der Waals surface area contributed by atoms with Crippen LogP contribution in [0.15, 0.2) is 12.1 Å². The maximum absolute atomic E-state index is 12.1. The highest BCUT2D eigenvalue weighted by molar-refractivity contribution is 5.71. The Labute approximate surface area is 144 Å². The molecule has 0 aromatic heterocycles. The van der Waals surface area contributed by atoms with E-state index in [-0.39, 0.29) is 29.4 Å². The van der Waals surface area contributed by atoms with Gasteiger partial charge in [0.05, 0.1) is 27.2 Å². The van der Waals surface area contributed by atoms with E-state index in [1.807, 2.05) is 19.1 Å². The fourth-order valence-corrected chi connectivity index (χ4v) is 3.30. The topological polar surface area (TPSA) is 56.8 Å². The van der Waals surface area contributed by atoms with Crippen molar-refractivity contribution in [2.75, 3.05) is 20.8 Å². The van der Waals surface area contributed by atoms with Crippen LogP contribution in [-0.4, -0.2) is 32.3 Å². The van der Waals surface area contributed by atoms with Crippen molar-refractivity contribution < 1.29 is 19.0 Å². The number of fused-ring (bicyclic) bond motifs is 1. The first kappa shape index (κ1) is 18.6. The fraction of sp³-hybridized carbons (Fsp3) is 0.632. The van der Waals surface area contributed by atoms with Crippen molar-refractivity contribution >= 4 is 5.97 Å². The van der Waals surface area contributed by atoms with Crippen molar-refractivity contribution in [1.29, 1.82) is 0 Å². The number of carbonyl (C=O) groups excluding carboxylic acids is 1. The summed E-state index contributed by atoms with van der Waals surface area (Å²) in [5.74, 6) is 1.17. The van der Waals surface area contributed by atoms with Crippen LogP contribution >= 0.6 is 0 Å². The molecule has 1 N–H and O–H groups in total. The molecule has 0 unspecified atom stereocenters. The number of ether oxygens (including phenoxy) is 3. The summed E-state index contributed by atoms with van der Waals surface area (Å²) in [5.41, 5.74) is 1.88. The smallest absolute Gasteiger partial charge is 0.307 e. The van der Waals surface area contributed by atoms with E-state index in [2.05, 4.69) is 33.0 Å². The molecular weight excluding hydrogens is 306 g/mol. The maximum atomic E-state index is 12.1. The molecule has 0 saturated carbocycles. The van der Waals surface area contributed by atoms with Gasteiger partial charge in [-0.1, -0.05) is 13.8 Å². The van der Waals surface area contributed by atoms with Crippen molar-refractivity contribution in [2.45, 2.75) is 58.0 Å². The lowest BCUT2D eigenvalue weighted by Gasteiger charge is -2.51. The Bertz CT molecular complexity index is 622. The van der Waals surface area contributed by atoms with Crippen LogP contribution in [0.25, 0.3) is 0 Å². The van der Waals surface area contributed by atoms with Crippen LogP contribution in [0.5, 0.6) is 11.5 Å². The fourth-order valence-electron chi connectivity index (χ4n) is 3.30. The van der Waals surface area contributed by atoms with Crippen molar-refractivity contribution in [1.82, 2.24) is 5.32 Å². The van der Waals surface area contributed by atoms with Gasteiger partial charge in [-0.3, -0.25) is 4.79 Å². The zero-order valence-electron chi connectivity index (χ0n) is 15.8. The Hall–Kier alpha value is -1.75. The molecule has 134 valence electrons. The lowest BCUT2D eigenvalue weighted by molar-refractivity contribution is -0.144. The van der Waals surface area contributed by atoms with Gasteiger partial charge in [0, 0.05) is 17.0 Å². The number of hydrogen-bond acceptors (Lipinski definition) is 5. The average Bonchev–Trinajstić information content (AvgIpc) is 2.51. The van der Waals surface area contributed by atoms with Crippen LogP contribution in [0.2, 0.25) is 0 Å². The highest BCUT2D eigenvalue weighted by Gasteiger charge is 2.46. The van der Waals surface area contributed by atoms with E-state index in [0.717, 1.165) is 11.1 Å². The van der Waals surface area contributed by atoms with Crippen LogP contribution in [0.4, 0.5) is 0 Å². The summed E-state index contributed by atoms with van der Waals surface area (Å²) < 4.78 is 16.1. The molecule has 0 radical (unpaired) electrons. The summed E-state index contributed by atoms with van der Waals surface area (Å²) in [6.45, 7) is 10.9. The number of nitrogens with one attached hydrogen (secondary N) is 1. The minimum atomic E-state index is -0.203. The highest BCUT2D eigenvalue weighted by Crippen LogP contribution is 2.48. The Morgan fingerprint density at radius 1 is 1.12 bits per heavy atom. The van der Waals surface area contributed by atoms with Gasteiger partial charge in [-0.2, -0.15) is 0 Å². The molecule has 5 heteroatoms. The van der Waals surface area contributed by atoms with Gasteiger partial charge in [0.1, 0.15) is 0 Å². The zero-order valence-corrected chi connectivity index (χ0v) is 15.8. The van der Waals surface area contributed by atoms with Crippen molar-refractivity contribution in [2.24, 2.45) is 0 Å². The number of methoxy groups -OCH3 is 2. The Kier molecular flexibility index (Phi) is 5.14. The van der Waals surface area contributed by atoms with E-state index in [0.29, 0.717) is 18.1 Å². The second kappa shape index (κ2) is 6.63. The van der Waals surface area contributed by atoms with Gasteiger partial charge in [0.25, 0.3) is 0 Å². The molecule has 1 heterocycles. The molecular formula is C19H29NO4. The molecule has 0 amide bonds. The first-order chi connectivity index (χ1) is 11.2. The normalized spacial score (nSPS) is 20.9. The minimum Gasteiger partial charge on any atom is -0.493 e. The Morgan fingerprint density at radius 3 is 2.25 bits per heavy atom. The summed E-state index contributed by atoms with van der Waals surface area (Å²) in [4.78, 5) is 12.1. The largest absolute Gasteiger partial charge is 0.493 e. The molecule has 1 aliphatic rings. The maximum Gasteiger partial charge on any atom is 0.307 e. The van der Waals surface area contributed by atoms with E-state index in [1.165, 1.54) is 0 Å². The number of carbonyl (C=O) groups is 1. The molecule has 0 aliphatic carbocycles. The van der Waals surface area contributed by atoms with Crippen LogP contribution < -0.4 is 14.8 Å². The Balaban J connectivity index is 2.57. The quantitative estimate of drug-likeness (QED) is 0.836. The van der Waals surface area contributed by atoms with Crippen molar-refractivity contribution in [3.63, 3.8) is 0 Å². The first-order valence-corrected chi connectivity index (χ1v) is 8.37. The zero-order chi connectivity index (χ0) is 18.1.